The van der Waals surface area contributed by atoms with Crippen molar-refractivity contribution in [2.45, 2.75) is 45.0 Å². The van der Waals surface area contributed by atoms with E-state index in [1.807, 2.05) is 0 Å². The summed E-state index contributed by atoms with van der Waals surface area (Å²) in [7, 11) is 0. The fourth-order valence-corrected chi connectivity index (χ4v) is 1.82. The molecule has 0 radical (unpaired) electrons. The summed E-state index contributed by atoms with van der Waals surface area (Å²) in [6.45, 7) is 5.05. The number of allylic oxidation sites excluding steroid dienone is 1. The molecule has 80 valence electrons. The van der Waals surface area contributed by atoms with Gasteiger partial charge in [-0.1, -0.05) is 13.0 Å². The minimum atomic E-state index is -2.65. The SMILES string of the molecule is C=C(C)C(=O)CC1CCCCC1(F)F. The Hall–Kier alpha value is -0.730. The summed E-state index contributed by atoms with van der Waals surface area (Å²) >= 11 is 0. The highest BCUT2D eigenvalue weighted by Gasteiger charge is 2.41. The van der Waals surface area contributed by atoms with E-state index in [1.54, 1.807) is 6.92 Å². The molecule has 0 aromatic heterocycles. The Labute approximate surface area is 83.2 Å². The van der Waals surface area contributed by atoms with Gasteiger partial charge in [0.2, 0.25) is 0 Å². The van der Waals surface area contributed by atoms with E-state index in [4.69, 9.17) is 0 Å². The molecule has 1 rings (SSSR count). The van der Waals surface area contributed by atoms with Crippen molar-refractivity contribution in [1.29, 1.82) is 0 Å². The molecule has 14 heavy (non-hydrogen) atoms. The number of ketones is 1. The Kier molecular flexibility index (Phi) is 3.40. The minimum Gasteiger partial charge on any atom is -0.295 e. The molecule has 0 N–H and O–H groups in total. The molecule has 0 bridgehead atoms. The predicted molar refractivity (Wildman–Crippen MR) is 51.3 cm³/mol. The third kappa shape index (κ3) is 2.63. The summed E-state index contributed by atoms with van der Waals surface area (Å²) in [6, 6.07) is 0. The number of hydrogen-bond donors (Lipinski definition) is 0. The van der Waals surface area contributed by atoms with Gasteiger partial charge in [0.15, 0.2) is 5.78 Å². The molecule has 0 aliphatic heterocycles. The second-order valence-corrected chi connectivity index (χ2v) is 4.11. The molecule has 0 spiro atoms. The van der Waals surface area contributed by atoms with Gasteiger partial charge in [0.25, 0.3) is 5.92 Å². The first-order valence-corrected chi connectivity index (χ1v) is 5.00. The highest BCUT2D eigenvalue weighted by atomic mass is 19.3. The Balaban J connectivity index is 2.58. The van der Waals surface area contributed by atoms with E-state index in [1.165, 1.54) is 0 Å². The van der Waals surface area contributed by atoms with Crippen LogP contribution in [0.5, 0.6) is 0 Å². The normalized spacial score (nSPS) is 25.8. The minimum absolute atomic E-state index is 0.0394. The highest BCUT2D eigenvalue weighted by molar-refractivity contribution is 5.94. The summed E-state index contributed by atoms with van der Waals surface area (Å²) in [5.41, 5.74) is 0.381. The zero-order valence-electron chi connectivity index (χ0n) is 8.48. The van der Waals surface area contributed by atoms with Gasteiger partial charge in [-0.15, -0.1) is 0 Å². The first kappa shape index (κ1) is 11.3. The molecule has 0 aromatic rings. The fraction of sp³-hybridized carbons (Fsp3) is 0.727. The Morgan fingerprint density at radius 3 is 2.64 bits per heavy atom. The van der Waals surface area contributed by atoms with E-state index in [0.717, 1.165) is 6.42 Å². The standard InChI is InChI=1S/C11H16F2O/c1-8(2)10(14)7-9-5-3-4-6-11(9,12)13/h9H,1,3-7H2,2H3. The van der Waals surface area contributed by atoms with Gasteiger partial charge in [-0.25, -0.2) is 8.78 Å². The van der Waals surface area contributed by atoms with Crippen molar-refractivity contribution in [2.24, 2.45) is 5.92 Å². The largest absolute Gasteiger partial charge is 0.295 e. The number of halogens is 2. The maximum absolute atomic E-state index is 13.3. The lowest BCUT2D eigenvalue weighted by molar-refractivity contribution is -0.125. The quantitative estimate of drug-likeness (QED) is 0.641. The van der Waals surface area contributed by atoms with Crippen LogP contribution in [0.1, 0.15) is 39.0 Å². The van der Waals surface area contributed by atoms with Crippen LogP contribution in [-0.4, -0.2) is 11.7 Å². The lowest BCUT2D eigenvalue weighted by Gasteiger charge is -2.30. The van der Waals surface area contributed by atoms with Gasteiger partial charge in [0.1, 0.15) is 0 Å². The molecule has 0 saturated heterocycles. The van der Waals surface area contributed by atoms with E-state index in [0.29, 0.717) is 18.4 Å². The van der Waals surface area contributed by atoms with Gasteiger partial charge in [0, 0.05) is 18.8 Å². The van der Waals surface area contributed by atoms with Crippen molar-refractivity contribution in [3.63, 3.8) is 0 Å². The Bertz CT molecular complexity index is 246. The van der Waals surface area contributed by atoms with Crippen LogP contribution < -0.4 is 0 Å². The number of Topliss-reactive ketones (excluding diaryl/α,β-unsaturated/α-hetero) is 1. The summed E-state index contributed by atoms with van der Waals surface area (Å²) < 4.78 is 26.6. The first-order chi connectivity index (χ1) is 6.43. The van der Waals surface area contributed by atoms with Crippen LogP contribution >= 0.6 is 0 Å². The van der Waals surface area contributed by atoms with Gasteiger partial charge in [-0.3, -0.25) is 4.79 Å². The molecular formula is C11H16F2O. The van der Waals surface area contributed by atoms with Crippen LogP contribution in [0, 0.1) is 5.92 Å². The van der Waals surface area contributed by atoms with Crippen molar-refractivity contribution in [3.8, 4) is 0 Å². The van der Waals surface area contributed by atoms with Crippen LogP contribution in [0.4, 0.5) is 8.78 Å². The van der Waals surface area contributed by atoms with Crippen LogP contribution in [0.3, 0.4) is 0 Å². The smallest absolute Gasteiger partial charge is 0.251 e. The zero-order valence-corrected chi connectivity index (χ0v) is 8.48. The van der Waals surface area contributed by atoms with Crippen molar-refractivity contribution in [1.82, 2.24) is 0 Å². The maximum atomic E-state index is 13.3. The summed E-state index contributed by atoms with van der Waals surface area (Å²) in [6.07, 6.45) is 1.74. The molecule has 1 atom stereocenters. The Morgan fingerprint density at radius 1 is 1.50 bits per heavy atom. The van der Waals surface area contributed by atoms with Gasteiger partial charge in [-0.05, 0) is 25.3 Å². The number of carbonyl (C=O) groups excluding carboxylic acids is 1. The molecule has 0 aromatic carbocycles. The number of hydrogen-bond acceptors (Lipinski definition) is 1. The zero-order chi connectivity index (χ0) is 10.8. The second kappa shape index (κ2) is 4.20. The highest BCUT2D eigenvalue weighted by Crippen LogP contribution is 2.40. The number of alkyl halides is 2. The third-order valence-corrected chi connectivity index (χ3v) is 2.82. The number of rotatable bonds is 3. The average Bonchev–Trinajstić information content (AvgIpc) is 2.08. The first-order valence-electron chi connectivity index (χ1n) is 5.00. The summed E-state index contributed by atoms with van der Waals surface area (Å²) in [4.78, 5) is 11.3. The van der Waals surface area contributed by atoms with Crippen LogP contribution in [0.25, 0.3) is 0 Å². The molecule has 1 saturated carbocycles. The molecule has 1 fully saturated rings. The van der Waals surface area contributed by atoms with E-state index < -0.39 is 11.8 Å². The summed E-state index contributed by atoms with van der Waals surface area (Å²) in [5, 5.41) is 0. The second-order valence-electron chi connectivity index (χ2n) is 4.11. The van der Waals surface area contributed by atoms with Crippen molar-refractivity contribution in [2.75, 3.05) is 0 Å². The lowest BCUT2D eigenvalue weighted by Crippen LogP contribution is -2.33. The van der Waals surface area contributed by atoms with Crippen molar-refractivity contribution >= 4 is 5.78 Å². The average molecular weight is 202 g/mol. The van der Waals surface area contributed by atoms with Crippen LogP contribution in [-0.2, 0) is 4.79 Å². The van der Waals surface area contributed by atoms with Crippen molar-refractivity contribution < 1.29 is 13.6 Å². The molecule has 3 heteroatoms. The molecule has 1 aliphatic carbocycles. The van der Waals surface area contributed by atoms with E-state index >= 15 is 0 Å². The lowest BCUT2D eigenvalue weighted by atomic mass is 9.82. The van der Waals surface area contributed by atoms with Gasteiger partial charge >= 0.3 is 0 Å². The van der Waals surface area contributed by atoms with E-state index in [2.05, 4.69) is 6.58 Å². The van der Waals surface area contributed by atoms with Gasteiger partial charge < -0.3 is 0 Å². The molecular weight excluding hydrogens is 186 g/mol. The molecule has 0 amide bonds. The van der Waals surface area contributed by atoms with Crippen molar-refractivity contribution in [3.05, 3.63) is 12.2 Å². The molecule has 1 unspecified atom stereocenters. The van der Waals surface area contributed by atoms with Crippen LogP contribution in [0.2, 0.25) is 0 Å². The molecule has 1 aliphatic rings. The van der Waals surface area contributed by atoms with E-state index in [9.17, 15) is 13.6 Å². The third-order valence-electron chi connectivity index (χ3n) is 2.82. The topological polar surface area (TPSA) is 17.1 Å². The van der Waals surface area contributed by atoms with E-state index in [-0.39, 0.29) is 18.6 Å². The van der Waals surface area contributed by atoms with Gasteiger partial charge in [-0.2, -0.15) is 0 Å². The summed E-state index contributed by atoms with van der Waals surface area (Å²) in [5.74, 6) is -3.64. The monoisotopic (exact) mass is 202 g/mol. The fourth-order valence-electron chi connectivity index (χ4n) is 1.82. The number of carbonyl (C=O) groups is 1. The van der Waals surface area contributed by atoms with Gasteiger partial charge in [0.05, 0.1) is 0 Å². The van der Waals surface area contributed by atoms with Crippen LogP contribution in [0.15, 0.2) is 12.2 Å². The molecule has 1 nitrogen and oxygen atoms in total. The Morgan fingerprint density at radius 2 is 2.14 bits per heavy atom. The predicted octanol–water partition coefficient (Wildman–Crippen LogP) is 3.35. The maximum Gasteiger partial charge on any atom is 0.251 e. The molecule has 0 heterocycles.